The Morgan fingerprint density at radius 1 is 0.974 bits per heavy atom. The zero-order valence-electron chi connectivity index (χ0n) is 22.1. The van der Waals surface area contributed by atoms with Gasteiger partial charge >= 0.3 is 0 Å². The van der Waals surface area contributed by atoms with Gasteiger partial charge < -0.3 is 24.8 Å². The molecule has 1 aliphatic heterocycles. The third kappa shape index (κ3) is 5.42. The van der Waals surface area contributed by atoms with Crippen molar-refractivity contribution in [1.29, 1.82) is 0 Å². The number of para-hydroxylation sites is 1. The first-order chi connectivity index (χ1) is 19.0. The van der Waals surface area contributed by atoms with Gasteiger partial charge in [0.25, 0.3) is 5.91 Å². The average molecular weight is 544 g/mol. The molecule has 0 fully saturated rings. The van der Waals surface area contributed by atoms with Gasteiger partial charge in [-0.3, -0.25) is 4.79 Å². The molecule has 1 atom stereocenters. The first kappa shape index (κ1) is 26.2. The van der Waals surface area contributed by atoms with E-state index >= 15 is 0 Å². The Bertz CT molecular complexity index is 1500. The Morgan fingerprint density at radius 3 is 2.44 bits per heavy atom. The highest BCUT2D eigenvalue weighted by atomic mass is 32.2. The van der Waals surface area contributed by atoms with E-state index in [4.69, 9.17) is 24.3 Å². The fourth-order valence-electron chi connectivity index (χ4n) is 4.50. The number of thioether (sulfide) groups is 1. The number of ether oxygens (including phenoxy) is 3. The van der Waals surface area contributed by atoms with E-state index in [9.17, 15) is 4.79 Å². The maximum absolute atomic E-state index is 13.8. The normalized spacial score (nSPS) is 14.3. The van der Waals surface area contributed by atoms with Gasteiger partial charge in [-0.1, -0.05) is 54.2 Å². The summed E-state index contributed by atoms with van der Waals surface area (Å²) in [6.45, 7) is 1.86. The molecule has 1 amide bonds. The minimum absolute atomic E-state index is 0.278. The second kappa shape index (κ2) is 11.5. The summed E-state index contributed by atoms with van der Waals surface area (Å²) in [7, 11) is 4.77. The lowest BCUT2D eigenvalue weighted by Crippen LogP contribution is -2.31. The number of carbonyl (C=O) groups excluding carboxylic acids is 1. The van der Waals surface area contributed by atoms with Crippen LogP contribution >= 0.6 is 11.8 Å². The fourth-order valence-corrected chi connectivity index (χ4v) is 5.28. The van der Waals surface area contributed by atoms with E-state index in [-0.39, 0.29) is 5.91 Å². The summed E-state index contributed by atoms with van der Waals surface area (Å²) in [5.41, 5.74) is 3.68. The second-order valence-corrected chi connectivity index (χ2v) is 9.71. The molecule has 0 bridgehead atoms. The van der Waals surface area contributed by atoms with E-state index in [1.165, 1.54) is 17.3 Å². The molecule has 0 aliphatic carbocycles. The summed E-state index contributed by atoms with van der Waals surface area (Å²) in [5, 5.41) is 11.7. The van der Waals surface area contributed by atoms with Crippen molar-refractivity contribution >= 4 is 29.3 Å². The fraction of sp³-hybridized carbons (Fsp3) is 0.207. The largest absolute Gasteiger partial charge is 0.497 e. The molecule has 1 aliphatic rings. The number of methoxy groups -OCH3 is 3. The first-order valence-corrected chi connectivity index (χ1v) is 13.3. The standard InChI is InChI=1S/C29H29N5O4S/c1-18-24(27(35)31-20-13-15-21(36-2)16-14-20)25(22-11-8-12-23(37-3)26(22)38-4)34-28(30-18)32-29(33-34)39-17-19-9-6-5-7-10-19/h5-16,25H,17H2,1-4H3,(H,31,35)(H,30,32,33)/t25-/m1/s1. The zero-order valence-corrected chi connectivity index (χ0v) is 22.9. The quantitative estimate of drug-likeness (QED) is 0.266. The van der Waals surface area contributed by atoms with Crippen LogP contribution in [0.2, 0.25) is 0 Å². The Kier molecular flexibility index (Phi) is 7.74. The third-order valence-electron chi connectivity index (χ3n) is 6.36. The van der Waals surface area contributed by atoms with Crippen molar-refractivity contribution in [2.24, 2.45) is 0 Å². The second-order valence-electron chi connectivity index (χ2n) is 8.77. The monoisotopic (exact) mass is 543 g/mol. The minimum atomic E-state index is -0.622. The van der Waals surface area contributed by atoms with Crippen LogP contribution in [0, 0.1) is 0 Å². The number of amides is 1. The van der Waals surface area contributed by atoms with Gasteiger partial charge in [-0.2, -0.15) is 4.98 Å². The van der Waals surface area contributed by atoms with E-state index in [1.807, 2.05) is 43.3 Å². The summed E-state index contributed by atoms with van der Waals surface area (Å²) >= 11 is 1.53. The summed E-state index contributed by atoms with van der Waals surface area (Å²) in [6, 6.07) is 22.3. The smallest absolute Gasteiger partial charge is 0.255 e. The van der Waals surface area contributed by atoms with Gasteiger partial charge in [0.05, 0.1) is 26.9 Å². The number of benzene rings is 3. The third-order valence-corrected chi connectivity index (χ3v) is 7.27. The molecule has 200 valence electrons. The lowest BCUT2D eigenvalue weighted by atomic mass is 9.94. The van der Waals surface area contributed by atoms with Crippen LogP contribution in [0.1, 0.15) is 24.1 Å². The zero-order chi connectivity index (χ0) is 27.4. The van der Waals surface area contributed by atoms with E-state index in [0.717, 1.165) is 5.56 Å². The number of hydrogen-bond donors (Lipinski definition) is 2. The van der Waals surface area contributed by atoms with Crippen LogP contribution in [0.15, 0.2) is 89.2 Å². The molecule has 9 nitrogen and oxygen atoms in total. The van der Waals surface area contributed by atoms with Crippen LogP contribution in [0.4, 0.5) is 11.6 Å². The number of aromatic nitrogens is 3. The van der Waals surface area contributed by atoms with Gasteiger partial charge in [-0.25, -0.2) is 4.68 Å². The highest BCUT2D eigenvalue weighted by molar-refractivity contribution is 7.98. The molecular weight excluding hydrogens is 514 g/mol. The van der Waals surface area contributed by atoms with Crippen LogP contribution < -0.4 is 24.8 Å². The van der Waals surface area contributed by atoms with Crippen molar-refractivity contribution in [2.75, 3.05) is 32.0 Å². The van der Waals surface area contributed by atoms with Crippen molar-refractivity contribution in [3.63, 3.8) is 0 Å². The summed E-state index contributed by atoms with van der Waals surface area (Å²) in [5.74, 6) is 2.76. The SMILES string of the molecule is COc1ccc(NC(=O)C2=C(C)Nc3nc(SCc4ccccc4)nn3[C@@H]2c2cccc(OC)c2OC)cc1. The summed E-state index contributed by atoms with van der Waals surface area (Å²) in [4.78, 5) is 18.6. The van der Waals surface area contributed by atoms with Crippen LogP contribution in [0.3, 0.4) is 0 Å². The van der Waals surface area contributed by atoms with Gasteiger partial charge in [-0.15, -0.1) is 5.10 Å². The van der Waals surface area contributed by atoms with Crippen molar-refractivity contribution in [1.82, 2.24) is 14.8 Å². The molecule has 3 aromatic carbocycles. The number of nitrogens with one attached hydrogen (secondary N) is 2. The summed E-state index contributed by atoms with van der Waals surface area (Å²) in [6.07, 6.45) is 0. The van der Waals surface area contributed by atoms with Crippen LogP contribution in [-0.4, -0.2) is 42.0 Å². The molecule has 0 saturated heterocycles. The average Bonchev–Trinajstić information content (AvgIpc) is 3.38. The summed E-state index contributed by atoms with van der Waals surface area (Å²) < 4.78 is 18.3. The first-order valence-electron chi connectivity index (χ1n) is 12.3. The minimum Gasteiger partial charge on any atom is -0.497 e. The van der Waals surface area contributed by atoms with Crippen molar-refractivity contribution in [3.05, 3.63) is 95.2 Å². The Balaban J connectivity index is 1.54. The van der Waals surface area contributed by atoms with Crippen LogP contribution in [-0.2, 0) is 10.5 Å². The van der Waals surface area contributed by atoms with E-state index in [2.05, 4.69) is 22.8 Å². The van der Waals surface area contributed by atoms with Crippen molar-refractivity contribution < 1.29 is 19.0 Å². The van der Waals surface area contributed by atoms with E-state index in [1.54, 1.807) is 50.3 Å². The number of rotatable bonds is 9. The number of hydrogen-bond acceptors (Lipinski definition) is 8. The number of allylic oxidation sites excluding steroid dienone is 1. The van der Waals surface area contributed by atoms with Gasteiger partial charge in [0.1, 0.15) is 11.8 Å². The van der Waals surface area contributed by atoms with Crippen LogP contribution in [0.5, 0.6) is 17.2 Å². The number of nitrogens with zero attached hydrogens (tertiary/aromatic N) is 3. The lowest BCUT2D eigenvalue weighted by Gasteiger charge is -2.29. The molecule has 2 heterocycles. The predicted molar refractivity (Wildman–Crippen MR) is 152 cm³/mol. The molecule has 5 rings (SSSR count). The molecule has 0 saturated carbocycles. The highest BCUT2D eigenvalue weighted by Gasteiger charge is 2.36. The van der Waals surface area contributed by atoms with Gasteiger partial charge in [-0.05, 0) is 42.8 Å². The Morgan fingerprint density at radius 2 is 1.74 bits per heavy atom. The van der Waals surface area contributed by atoms with Crippen molar-refractivity contribution in [2.45, 2.75) is 23.9 Å². The molecule has 10 heteroatoms. The van der Waals surface area contributed by atoms with E-state index in [0.29, 0.717) is 51.1 Å². The molecule has 0 unspecified atom stereocenters. The number of anilines is 2. The Hall–Kier alpha value is -4.44. The van der Waals surface area contributed by atoms with Gasteiger partial charge in [0.2, 0.25) is 11.1 Å². The molecule has 4 aromatic rings. The maximum Gasteiger partial charge on any atom is 0.255 e. The topological polar surface area (TPSA) is 99.5 Å². The lowest BCUT2D eigenvalue weighted by molar-refractivity contribution is -0.113. The van der Waals surface area contributed by atoms with Crippen molar-refractivity contribution in [3.8, 4) is 17.2 Å². The van der Waals surface area contributed by atoms with Gasteiger partial charge in [0, 0.05) is 22.7 Å². The molecule has 0 radical (unpaired) electrons. The highest BCUT2D eigenvalue weighted by Crippen LogP contribution is 2.43. The molecule has 2 N–H and O–H groups in total. The molecule has 1 aromatic heterocycles. The molecule has 0 spiro atoms. The number of fused-ring (bicyclic) bond motifs is 1. The van der Waals surface area contributed by atoms with Gasteiger partial charge in [0.15, 0.2) is 11.5 Å². The maximum atomic E-state index is 13.8. The van der Waals surface area contributed by atoms with Crippen LogP contribution in [0.25, 0.3) is 0 Å². The molecular formula is C29H29N5O4S. The number of carbonyl (C=O) groups is 1. The molecule has 39 heavy (non-hydrogen) atoms. The van der Waals surface area contributed by atoms with E-state index < -0.39 is 6.04 Å². The predicted octanol–water partition coefficient (Wildman–Crippen LogP) is 5.52. The Labute approximate surface area is 231 Å².